The molecule has 9 heterocycles. The molecule has 2 N–H and O–H groups in total. The molecule has 20 atom stereocenters. The van der Waals surface area contributed by atoms with Gasteiger partial charge in [0, 0.05) is 38.7 Å². The molecule has 13 heteroatoms. The minimum absolute atomic E-state index is 0.00338. The standard InChI is InChI=1S/C42H62O13/c1-20-14-24-6-8-28-21(2)15-26(47-28)10-12-42-13-11-30(54-42)39-40(46-5)41(55-42)38-29(51-39)9-7-25(49-38)16-35(45)53-37-23(4)36-32(17-27(44)34(19-43)52-36)50-33(37)18-31(48-24)22(20)3/h20,23-34,36-41,43-44H,2-3,6-19H2,1,4-5H3/t20-,23+,24+,25?,26+,27-,28+,29+,30+,31?,32+,33?,34-,36+,37-,38+,39+,40-,41+,42+/m1/s1. The molecule has 0 amide bonds. The largest absolute Gasteiger partial charge is 0.459 e. The molecule has 9 fully saturated rings. The molecule has 9 aliphatic rings. The minimum atomic E-state index is -0.867. The predicted octanol–water partition coefficient (Wildman–Crippen LogP) is 3.83. The Morgan fingerprint density at radius 3 is 2.29 bits per heavy atom. The van der Waals surface area contributed by atoms with E-state index >= 15 is 0 Å². The Hall–Kier alpha value is -1.49. The first kappa shape index (κ1) is 39.0. The normalized spacial score (nSPS) is 53.0. The van der Waals surface area contributed by atoms with Crippen molar-refractivity contribution in [3.63, 3.8) is 0 Å². The molecular formula is C42H62O13. The fraction of sp³-hybridized carbons (Fsp3) is 0.881. The van der Waals surface area contributed by atoms with Gasteiger partial charge in [0.1, 0.15) is 36.6 Å². The van der Waals surface area contributed by atoms with Gasteiger partial charge in [0.25, 0.3) is 0 Å². The summed E-state index contributed by atoms with van der Waals surface area (Å²) in [6.45, 7) is 12.8. The molecule has 55 heavy (non-hydrogen) atoms. The van der Waals surface area contributed by atoms with Crippen LogP contribution in [0.1, 0.15) is 97.3 Å². The van der Waals surface area contributed by atoms with Crippen LogP contribution in [0.2, 0.25) is 0 Å². The summed E-state index contributed by atoms with van der Waals surface area (Å²) in [6, 6.07) is 0. The van der Waals surface area contributed by atoms with Gasteiger partial charge < -0.3 is 57.6 Å². The van der Waals surface area contributed by atoms with Crippen LogP contribution in [0.15, 0.2) is 24.3 Å². The van der Waals surface area contributed by atoms with Crippen molar-refractivity contribution in [3.05, 3.63) is 24.3 Å². The van der Waals surface area contributed by atoms with E-state index in [1.807, 2.05) is 6.92 Å². The second kappa shape index (κ2) is 15.6. The van der Waals surface area contributed by atoms with E-state index in [0.717, 1.165) is 56.1 Å². The summed E-state index contributed by atoms with van der Waals surface area (Å²) in [7, 11) is 1.69. The van der Waals surface area contributed by atoms with Gasteiger partial charge in [-0.3, -0.25) is 4.79 Å². The predicted molar refractivity (Wildman–Crippen MR) is 195 cm³/mol. The first-order valence-electron chi connectivity index (χ1n) is 21.2. The molecule has 1 spiro atoms. The molecule has 13 nitrogen and oxygen atoms in total. The zero-order valence-corrected chi connectivity index (χ0v) is 32.7. The number of carbonyl (C=O) groups is 1. The van der Waals surface area contributed by atoms with Gasteiger partial charge in [-0.25, -0.2) is 0 Å². The lowest BCUT2D eigenvalue weighted by Gasteiger charge is -2.51. The lowest BCUT2D eigenvalue weighted by atomic mass is 9.79. The quantitative estimate of drug-likeness (QED) is 0.310. The highest BCUT2D eigenvalue weighted by Crippen LogP contribution is 2.50. The first-order chi connectivity index (χ1) is 26.5. The van der Waals surface area contributed by atoms with E-state index < -0.39 is 60.7 Å². The van der Waals surface area contributed by atoms with Crippen LogP contribution in [0, 0.1) is 11.8 Å². The Kier molecular flexibility index (Phi) is 11.1. The van der Waals surface area contributed by atoms with Crippen molar-refractivity contribution in [3.8, 4) is 0 Å². The molecule has 9 rings (SSSR count). The lowest BCUT2D eigenvalue weighted by Crippen LogP contribution is -2.64. The van der Waals surface area contributed by atoms with Gasteiger partial charge in [-0.05, 0) is 68.4 Å². The highest BCUT2D eigenvalue weighted by atomic mass is 16.7. The molecule has 0 aromatic rings. The van der Waals surface area contributed by atoms with Crippen LogP contribution in [-0.2, 0) is 52.2 Å². The highest BCUT2D eigenvalue weighted by molar-refractivity contribution is 5.70. The van der Waals surface area contributed by atoms with E-state index in [-0.39, 0.29) is 79.7 Å². The Morgan fingerprint density at radius 2 is 1.47 bits per heavy atom. The smallest absolute Gasteiger partial charge is 0.308 e. The molecule has 0 aromatic heterocycles. The average Bonchev–Trinajstić information content (AvgIpc) is 3.73. The highest BCUT2D eigenvalue weighted by Gasteiger charge is 2.61. The molecule has 3 unspecified atom stereocenters. The number of aliphatic hydroxyl groups excluding tert-OH is 2. The van der Waals surface area contributed by atoms with Gasteiger partial charge in [-0.15, -0.1) is 0 Å². The van der Waals surface area contributed by atoms with Crippen molar-refractivity contribution < 1.29 is 62.4 Å². The van der Waals surface area contributed by atoms with Crippen LogP contribution in [0.3, 0.4) is 0 Å². The number of aliphatic hydroxyl groups is 2. The van der Waals surface area contributed by atoms with Crippen molar-refractivity contribution in [2.45, 2.75) is 207 Å². The van der Waals surface area contributed by atoms with Crippen LogP contribution >= 0.6 is 0 Å². The summed E-state index contributed by atoms with van der Waals surface area (Å²) < 4.78 is 66.2. The van der Waals surface area contributed by atoms with Crippen LogP contribution in [0.4, 0.5) is 0 Å². The Bertz CT molecular complexity index is 1440. The molecule has 308 valence electrons. The van der Waals surface area contributed by atoms with E-state index in [1.54, 1.807) is 7.11 Å². The second-order valence-electron chi connectivity index (χ2n) is 18.1. The van der Waals surface area contributed by atoms with Crippen molar-refractivity contribution in [2.75, 3.05) is 13.7 Å². The fourth-order valence-corrected chi connectivity index (χ4v) is 11.4. The van der Waals surface area contributed by atoms with Crippen molar-refractivity contribution in [1.82, 2.24) is 0 Å². The lowest BCUT2D eigenvalue weighted by molar-refractivity contribution is -0.303. The van der Waals surface area contributed by atoms with Crippen molar-refractivity contribution >= 4 is 5.97 Å². The average molecular weight is 775 g/mol. The van der Waals surface area contributed by atoms with Gasteiger partial charge in [0.2, 0.25) is 0 Å². The number of hydrogen-bond donors (Lipinski definition) is 2. The van der Waals surface area contributed by atoms with Gasteiger partial charge in [0.15, 0.2) is 5.79 Å². The summed E-state index contributed by atoms with van der Waals surface area (Å²) in [5.74, 6) is -1.23. The number of carbonyl (C=O) groups excluding carboxylic acids is 1. The third kappa shape index (κ3) is 7.40. The molecule has 9 aliphatic heterocycles. The van der Waals surface area contributed by atoms with Crippen LogP contribution < -0.4 is 0 Å². The van der Waals surface area contributed by atoms with E-state index in [0.29, 0.717) is 32.1 Å². The zero-order chi connectivity index (χ0) is 38.2. The maximum absolute atomic E-state index is 14.0. The van der Waals surface area contributed by atoms with E-state index in [1.165, 1.54) is 0 Å². The van der Waals surface area contributed by atoms with Crippen LogP contribution in [-0.4, -0.2) is 139 Å². The van der Waals surface area contributed by atoms with Crippen LogP contribution in [0.25, 0.3) is 0 Å². The molecule has 0 saturated carbocycles. The summed E-state index contributed by atoms with van der Waals surface area (Å²) in [5, 5.41) is 20.7. The van der Waals surface area contributed by atoms with Gasteiger partial charge in [-0.1, -0.05) is 27.0 Å². The first-order valence-corrected chi connectivity index (χ1v) is 21.2. The van der Waals surface area contributed by atoms with E-state index in [4.69, 9.17) is 47.4 Å². The molecule has 0 aromatic carbocycles. The second-order valence-corrected chi connectivity index (χ2v) is 18.1. The van der Waals surface area contributed by atoms with Crippen molar-refractivity contribution in [1.29, 1.82) is 0 Å². The summed E-state index contributed by atoms with van der Waals surface area (Å²) in [5.41, 5.74) is 2.13. The third-order valence-electron chi connectivity index (χ3n) is 14.5. The maximum atomic E-state index is 14.0. The molecular weight excluding hydrogens is 712 g/mol. The number of rotatable bonds is 2. The third-order valence-corrected chi connectivity index (χ3v) is 14.5. The Balaban J connectivity index is 1.00. The Labute approximate surface area is 324 Å². The Morgan fingerprint density at radius 1 is 0.709 bits per heavy atom. The molecule has 10 bridgehead atoms. The monoisotopic (exact) mass is 774 g/mol. The van der Waals surface area contributed by atoms with Gasteiger partial charge in [-0.2, -0.15) is 0 Å². The summed E-state index contributed by atoms with van der Waals surface area (Å²) in [4.78, 5) is 14.0. The van der Waals surface area contributed by atoms with E-state index in [2.05, 4.69) is 20.1 Å². The topological polar surface area (TPSA) is 150 Å². The summed E-state index contributed by atoms with van der Waals surface area (Å²) >= 11 is 0. The fourth-order valence-electron chi connectivity index (χ4n) is 11.4. The van der Waals surface area contributed by atoms with Crippen LogP contribution in [0.5, 0.6) is 0 Å². The number of fused-ring (bicyclic) bond motifs is 10. The van der Waals surface area contributed by atoms with Gasteiger partial charge >= 0.3 is 5.97 Å². The number of hydrogen-bond acceptors (Lipinski definition) is 13. The van der Waals surface area contributed by atoms with E-state index in [9.17, 15) is 15.0 Å². The number of esters is 1. The van der Waals surface area contributed by atoms with Crippen molar-refractivity contribution in [2.24, 2.45) is 11.8 Å². The van der Waals surface area contributed by atoms with Gasteiger partial charge in [0.05, 0.1) is 80.2 Å². The number of ether oxygens (including phenoxy) is 10. The molecule has 0 radical (unpaired) electrons. The number of methoxy groups -OCH3 is 1. The molecule has 9 saturated heterocycles. The zero-order valence-electron chi connectivity index (χ0n) is 32.7. The summed E-state index contributed by atoms with van der Waals surface area (Å²) in [6.07, 6.45) is 2.24. The minimum Gasteiger partial charge on any atom is -0.459 e. The molecule has 0 aliphatic carbocycles. The SMILES string of the molecule is C=C1C2CC3O[C@H]4C[C@@H](O)[C@@H](CO)O[C@H]4[C@H](C)[C@H]3OC(=O)CC3CC[C@@H]4O[C@@H]5[C@@H](OC)[C@@H](O[C@@]6(CC[C@H]7CC(=C)[C@H](CC[C@@H](C[C@H]1C)O2)O7)CC[C@@H]5O6)[C@H]4O3. The maximum Gasteiger partial charge on any atom is 0.308 e.